The molecule has 88 valence electrons. The van der Waals surface area contributed by atoms with Gasteiger partial charge in [-0.3, -0.25) is 4.79 Å². The van der Waals surface area contributed by atoms with Gasteiger partial charge in [-0.05, 0) is 13.3 Å². The van der Waals surface area contributed by atoms with Crippen molar-refractivity contribution in [3.05, 3.63) is 16.1 Å². The molecule has 1 aromatic rings. The summed E-state index contributed by atoms with van der Waals surface area (Å²) in [5.41, 5.74) is -0.0686. The highest BCUT2D eigenvalue weighted by atomic mass is 32.1. The lowest BCUT2D eigenvalue weighted by atomic mass is 10.4. The van der Waals surface area contributed by atoms with Gasteiger partial charge in [0.1, 0.15) is 0 Å². The van der Waals surface area contributed by atoms with Gasteiger partial charge in [0.15, 0.2) is 10.7 Å². The minimum absolute atomic E-state index is 0.0686. The van der Waals surface area contributed by atoms with Gasteiger partial charge in [-0.2, -0.15) is 0 Å². The van der Waals surface area contributed by atoms with Crippen molar-refractivity contribution in [2.24, 2.45) is 0 Å². The standard InChI is InChI=1S/C10H14N2O3S/c1-3-5-12(4-2)9(13)8-11-7(6-16-8)10(14)15/h6H,3-5H2,1-2H3,(H,14,15). The number of hydrogen-bond acceptors (Lipinski definition) is 4. The number of thiazole rings is 1. The topological polar surface area (TPSA) is 70.5 Å². The Hall–Kier alpha value is -1.43. The van der Waals surface area contributed by atoms with Crippen LogP contribution in [0.3, 0.4) is 0 Å². The second-order valence-corrected chi connectivity index (χ2v) is 4.09. The summed E-state index contributed by atoms with van der Waals surface area (Å²) in [5, 5.41) is 10.3. The molecule has 0 atom stereocenters. The first-order valence-corrected chi connectivity index (χ1v) is 5.96. The van der Waals surface area contributed by atoms with Crippen molar-refractivity contribution in [3.63, 3.8) is 0 Å². The maximum Gasteiger partial charge on any atom is 0.355 e. The fraction of sp³-hybridized carbons (Fsp3) is 0.500. The molecular weight excluding hydrogens is 228 g/mol. The molecule has 0 saturated carbocycles. The highest BCUT2D eigenvalue weighted by molar-refractivity contribution is 7.11. The van der Waals surface area contributed by atoms with E-state index in [1.165, 1.54) is 5.38 Å². The zero-order valence-electron chi connectivity index (χ0n) is 9.27. The molecule has 0 radical (unpaired) electrons. The summed E-state index contributed by atoms with van der Waals surface area (Å²) < 4.78 is 0. The van der Waals surface area contributed by atoms with Crippen LogP contribution in [-0.2, 0) is 0 Å². The number of rotatable bonds is 5. The molecule has 1 amide bonds. The largest absolute Gasteiger partial charge is 0.476 e. The first kappa shape index (κ1) is 12.6. The van der Waals surface area contributed by atoms with Crippen molar-refractivity contribution in [2.75, 3.05) is 13.1 Å². The molecule has 0 spiro atoms. The molecule has 6 heteroatoms. The van der Waals surface area contributed by atoms with Crippen molar-refractivity contribution in [1.29, 1.82) is 0 Å². The van der Waals surface area contributed by atoms with Crippen molar-refractivity contribution >= 4 is 23.2 Å². The predicted octanol–water partition coefficient (Wildman–Crippen LogP) is 1.71. The summed E-state index contributed by atoms with van der Waals surface area (Å²) in [4.78, 5) is 27.9. The highest BCUT2D eigenvalue weighted by Gasteiger charge is 2.18. The lowest BCUT2D eigenvalue weighted by Crippen LogP contribution is -2.31. The molecule has 5 nitrogen and oxygen atoms in total. The maximum absolute atomic E-state index is 11.9. The van der Waals surface area contributed by atoms with Crippen LogP contribution in [0.5, 0.6) is 0 Å². The first-order chi connectivity index (χ1) is 7.60. The van der Waals surface area contributed by atoms with Crippen molar-refractivity contribution in [1.82, 2.24) is 9.88 Å². The second-order valence-electron chi connectivity index (χ2n) is 3.23. The number of amides is 1. The molecule has 1 rings (SSSR count). The molecule has 0 unspecified atom stereocenters. The van der Waals surface area contributed by atoms with E-state index in [0.717, 1.165) is 17.8 Å². The number of carboxylic acids is 1. The summed E-state index contributed by atoms with van der Waals surface area (Å²) in [5.74, 6) is -1.30. The van der Waals surface area contributed by atoms with Crippen LogP contribution in [0.1, 0.15) is 40.6 Å². The van der Waals surface area contributed by atoms with Gasteiger partial charge >= 0.3 is 5.97 Å². The number of nitrogens with zero attached hydrogens (tertiary/aromatic N) is 2. The molecule has 0 aliphatic rings. The normalized spacial score (nSPS) is 10.1. The van der Waals surface area contributed by atoms with Gasteiger partial charge in [0.05, 0.1) is 0 Å². The van der Waals surface area contributed by atoms with E-state index in [9.17, 15) is 9.59 Å². The molecule has 1 heterocycles. The van der Waals surface area contributed by atoms with Crippen molar-refractivity contribution < 1.29 is 14.7 Å². The average molecular weight is 242 g/mol. The van der Waals surface area contributed by atoms with Gasteiger partial charge in [-0.15, -0.1) is 11.3 Å². The predicted molar refractivity (Wildman–Crippen MR) is 60.9 cm³/mol. The van der Waals surface area contributed by atoms with Crippen LogP contribution in [-0.4, -0.2) is 40.0 Å². The molecule has 0 aliphatic carbocycles. The molecule has 1 aromatic heterocycles. The number of aromatic carboxylic acids is 1. The molecule has 0 aromatic carbocycles. The van der Waals surface area contributed by atoms with Crippen LogP contribution < -0.4 is 0 Å². The second kappa shape index (κ2) is 5.60. The third-order valence-corrected chi connectivity index (χ3v) is 2.90. The van der Waals surface area contributed by atoms with E-state index < -0.39 is 5.97 Å². The monoisotopic (exact) mass is 242 g/mol. The van der Waals surface area contributed by atoms with Crippen LogP contribution in [0.4, 0.5) is 0 Å². The summed E-state index contributed by atoms with van der Waals surface area (Å²) in [6, 6.07) is 0. The number of aromatic nitrogens is 1. The Morgan fingerprint density at radius 1 is 1.50 bits per heavy atom. The van der Waals surface area contributed by atoms with Crippen molar-refractivity contribution in [2.45, 2.75) is 20.3 Å². The highest BCUT2D eigenvalue weighted by Crippen LogP contribution is 2.12. The minimum atomic E-state index is -1.10. The molecule has 16 heavy (non-hydrogen) atoms. The molecule has 0 bridgehead atoms. The number of hydrogen-bond donors (Lipinski definition) is 1. The van der Waals surface area contributed by atoms with E-state index in [0.29, 0.717) is 13.1 Å². The summed E-state index contributed by atoms with van der Waals surface area (Å²) in [6.07, 6.45) is 0.872. The molecule has 0 fully saturated rings. The van der Waals surface area contributed by atoms with Crippen molar-refractivity contribution in [3.8, 4) is 0 Å². The maximum atomic E-state index is 11.9. The van der Waals surface area contributed by atoms with E-state index in [1.807, 2.05) is 13.8 Å². The van der Waals surface area contributed by atoms with E-state index in [2.05, 4.69) is 4.98 Å². The van der Waals surface area contributed by atoms with Crippen LogP contribution in [0.25, 0.3) is 0 Å². The summed E-state index contributed by atoms with van der Waals surface area (Å²) in [7, 11) is 0. The van der Waals surface area contributed by atoms with Crippen LogP contribution in [0.15, 0.2) is 5.38 Å². The molecule has 0 saturated heterocycles. The Morgan fingerprint density at radius 3 is 2.62 bits per heavy atom. The zero-order chi connectivity index (χ0) is 12.1. The van der Waals surface area contributed by atoms with Crippen LogP contribution in [0.2, 0.25) is 0 Å². The smallest absolute Gasteiger partial charge is 0.355 e. The Kier molecular flexibility index (Phi) is 4.42. The summed E-state index contributed by atoms with van der Waals surface area (Å²) in [6.45, 7) is 5.14. The SMILES string of the molecule is CCCN(CC)C(=O)c1nc(C(=O)O)cs1. The molecule has 1 N–H and O–H groups in total. The fourth-order valence-electron chi connectivity index (χ4n) is 1.28. The third kappa shape index (κ3) is 2.79. The van der Waals surface area contributed by atoms with E-state index in [-0.39, 0.29) is 16.6 Å². The Labute approximate surface area is 97.7 Å². The lowest BCUT2D eigenvalue weighted by Gasteiger charge is -2.18. The van der Waals surface area contributed by atoms with Gasteiger partial charge in [-0.25, -0.2) is 9.78 Å². The summed E-state index contributed by atoms with van der Waals surface area (Å²) >= 11 is 1.07. The minimum Gasteiger partial charge on any atom is -0.476 e. The quantitative estimate of drug-likeness (QED) is 0.853. The zero-order valence-corrected chi connectivity index (χ0v) is 10.1. The Balaban J connectivity index is 2.82. The number of carbonyl (C=O) groups excluding carboxylic acids is 1. The van der Waals surface area contributed by atoms with E-state index in [4.69, 9.17) is 5.11 Å². The molecular formula is C10H14N2O3S. The molecule has 0 aliphatic heterocycles. The van der Waals surface area contributed by atoms with Gasteiger partial charge in [0.25, 0.3) is 5.91 Å². The Bertz CT molecular complexity index is 389. The van der Waals surface area contributed by atoms with Crippen LogP contribution >= 0.6 is 11.3 Å². The fourth-order valence-corrected chi connectivity index (χ4v) is 2.04. The first-order valence-electron chi connectivity index (χ1n) is 5.08. The third-order valence-electron chi connectivity index (χ3n) is 2.07. The lowest BCUT2D eigenvalue weighted by molar-refractivity contribution is 0.0691. The van der Waals surface area contributed by atoms with Gasteiger partial charge in [0.2, 0.25) is 0 Å². The van der Waals surface area contributed by atoms with Gasteiger partial charge in [-0.1, -0.05) is 6.92 Å². The van der Waals surface area contributed by atoms with E-state index in [1.54, 1.807) is 4.90 Å². The average Bonchev–Trinajstić information content (AvgIpc) is 2.74. The number of carbonyl (C=O) groups is 2. The van der Waals surface area contributed by atoms with E-state index >= 15 is 0 Å². The Morgan fingerprint density at radius 2 is 2.19 bits per heavy atom. The van der Waals surface area contributed by atoms with Gasteiger partial charge in [0, 0.05) is 18.5 Å². The van der Waals surface area contributed by atoms with Crippen LogP contribution in [0, 0.1) is 0 Å². The van der Waals surface area contributed by atoms with Gasteiger partial charge < -0.3 is 10.0 Å². The number of carboxylic acid groups (broad SMARTS) is 1.